The van der Waals surface area contributed by atoms with Gasteiger partial charge >= 0.3 is 0 Å². The van der Waals surface area contributed by atoms with Gasteiger partial charge in [-0.3, -0.25) is 0 Å². The summed E-state index contributed by atoms with van der Waals surface area (Å²) in [5.74, 6) is 1.21. The maximum absolute atomic E-state index is 5.81. The fraction of sp³-hybridized carbons (Fsp3) is 1.00. The SMILES string of the molecule is COCC(C)C1OCCC1CNC1CC1. The molecule has 0 aromatic rings. The van der Waals surface area contributed by atoms with Crippen LogP contribution in [-0.4, -0.2) is 39.0 Å². The second-order valence-corrected chi connectivity index (χ2v) is 5.00. The van der Waals surface area contributed by atoms with E-state index in [4.69, 9.17) is 9.47 Å². The molecule has 2 fully saturated rings. The second-order valence-electron chi connectivity index (χ2n) is 5.00. The van der Waals surface area contributed by atoms with Crippen LogP contribution in [0, 0.1) is 11.8 Å². The molecule has 0 radical (unpaired) electrons. The van der Waals surface area contributed by atoms with Crippen LogP contribution in [0.1, 0.15) is 26.2 Å². The molecule has 3 atom stereocenters. The molecule has 88 valence electrons. The maximum Gasteiger partial charge on any atom is 0.0663 e. The predicted molar refractivity (Wildman–Crippen MR) is 59.9 cm³/mol. The molecule has 1 saturated carbocycles. The van der Waals surface area contributed by atoms with E-state index in [1.54, 1.807) is 7.11 Å². The number of hydrogen-bond donors (Lipinski definition) is 1. The van der Waals surface area contributed by atoms with Gasteiger partial charge in [0.2, 0.25) is 0 Å². The van der Waals surface area contributed by atoms with Crippen LogP contribution in [0.3, 0.4) is 0 Å². The molecule has 1 saturated heterocycles. The van der Waals surface area contributed by atoms with Crippen molar-refractivity contribution >= 4 is 0 Å². The van der Waals surface area contributed by atoms with E-state index < -0.39 is 0 Å². The van der Waals surface area contributed by atoms with Crippen LogP contribution in [0.2, 0.25) is 0 Å². The highest BCUT2D eigenvalue weighted by Crippen LogP contribution is 2.28. The van der Waals surface area contributed by atoms with Gasteiger partial charge in [-0.2, -0.15) is 0 Å². The zero-order valence-corrected chi connectivity index (χ0v) is 9.87. The van der Waals surface area contributed by atoms with Crippen molar-refractivity contribution in [1.82, 2.24) is 5.32 Å². The Morgan fingerprint density at radius 1 is 1.40 bits per heavy atom. The van der Waals surface area contributed by atoms with E-state index in [-0.39, 0.29) is 0 Å². The lowest BCUT2D eigenvalue weighted by Gasteiger charge is -2.24. The van der Waals surface area contributed by atoms with Crippen LogP contribution < -0.4 is 5.32 Å². The minimum Gasteiger partial charge on any atom is -0.384 e. The second kappa shape index (κ2) is 5.28. The molecule has 2 rings (SSSR count). The Hall–Kier alpha value is -0.120. The van der Waals surface area contributed by atoms with Crippen molar-refractivity contribution in [2.24, 2.45) is 11.8 Å². The first-order valence-electron chi connectivity index (χ1n) is 6.15. The van der Waals surface area contributed by atoms with Crippen LogP contribution in [0.4, 0.5) is 0 Å². The van der Waals surface area contributed by atoms with Crippen molar-refractivity contribution < 1.29 is 9.47 Å². The molecule has 0 aromatic carbocycles. The molecule has 3 nitrogen and oxygen atoms in total. The molecule has 3 heteroatoms. The maximum atomic E-state index is 5.81. The van der Waals surface area contributed by atoms with E-state index in [1.807, 2.05) is 0 Å². The summed E-state index contributed by atoms with van der Waals surface area (Å²) in [6, 6.07) is 0.809. The molecule has 1 aliphatic heterocycles. The Balaban J connectivity index is 1.75. The summed E-state index contributed by atoms with van der Waals surface area (Å²) >= 11 is 0. The highest BCUT2D eigenvalue weighted by Gasteiger charge is 2.33. The van der Waals surface area contributed by atoms with Crippen molar-refractivity contribution in [2.45, 2.75) is 38.3 Å². The fourth-order valence-corrected chi connectivity index (χ4v) is 2.47. The predicted octanol–water partition coefficient (Wildman–Crippen LogP) is 1.43. The van der Waals surface area contributed by atoms with E-state index in [0.717, 1.165) is 25.8 Å². The first-order valence-corrected chi connectivity index (χ1v) is 6.15. The highest BCUT2D eigenvalue weighted by molar-refractivity contribution is 4.86. The lowest BCUT2D eigenvalue weighted by molar-refractivity contribution is 0.0141. The zero-order valence-electron chi connectivity index (χ0n) is 9.87. The first-order chi connectivity index (χ1) is 7.31. The largest absolute Gasteiger partial charge is 0.384 e. The van der Waals surface area contributed by atoms with Crippen molar-refractivity contribution in [3.05, 3.63) is 0 Å². The van der Waals surface area contributed by atoms with E-state index in [9.17, 15) is 0 Å². The van der Waals surface area contributed by atoms with Gasteiger partial charge in [-0.15, -0.1) is 0 Å². The van der Waals surface area contributed by atoms with Crippen LogP contribution >= 0.6 is 0 Å². The Labute approximate surface area is 92.5 Å². The molecule has 1 N–H and O–H groups in total. The van der Waals surface area contributed by atoms with Crippen molar-refractivity contribution in [3.8, 4) is 0 Å². The monoisotopic (exact) mass is 213 g/mol. The summed E-state index contributed by atoms with van der Waals surface area (Å²) in [6.07, 6.45) is 4.34. The molecule has 3 unspecified atom stereocenters. The van der Waals surface area contributed by atoms with Crippen molar-refractivity contribution in [3.63, 3.8) is 0 Å². The van der Waals surface area contributed by atoms with Gasteiger partial charge in [0.1, 0.15) is 0 Å². The van der Waals surface area contributed by atoms with E-state index >= 15 is 0 Å². The van der Waals surface area contributed by atoms with Gasteiger partial charge in [0, 0.05) is 38.1 Å². The molecule has 0 bridgehead atoms. The van der Waals surface area contributed by atoms with Gasteiger partial charge in [-0.1, -0.05) is 6.92 Å². The molecule has 2 aliphatic rings. The quantitative estimate of drug-likeness (QED) is 0.724. The molecule has 1 heterocycles. The molecule has 15 heavy (non-hydrogen) atoms. The Kier molecular flexibility index (Phi) is 4.00. The van der Waals surface area contributed by atoms with Gasteiger partial charge in [0.15, 0.2) is 0 Å². The normalized spacial score (nSPS) is 33.2. The van der Waals surface area contributed by atoms with Gasteiger partial charge in [-0.25, -0.2) is 0 Å². The third-order valence-electron chi connectivity index (χ3n) is 3.50. The van der Waals surface area contributed by atoms with Gasteiger partial charge in [0.25, 0.3) is 0 Å². The van der Waals surface area contributed by atoms with Crippen LogP contribution in [0.5, 0.6) is 0 Å². The number of methoxy groups -OCH3 is 1. The third-order valence-corrected chi connectivity index (χ3v) is 3.50. The lowest BCUT2D eigenvalue weighted by atomic mass is 9.92. The van der Waals surface area contributed by atoms with Gasteiger partial charge in [-0.05, 0) is 19.3 Å². The summed E-state index contributed by atoms with van der Waals surface area (Å²) in [7, 11) is 1.77. The average molecular weight is 213 g/mol. The molecular formula is C12H23NO2. The lowest BCUT2D eigenvalue weighted by Crippen LogP contribution is -2.34. The van der Waals surface area contributed by atoms with E-state index in [2.05, 4.69) is 12.2 Å². The number of hydrogen-bond acceptors (Lipinski definition) is 3. The topological polar surface area (TPSA) is 30.5 Å². The molecule has 0 aromatic heterocycles. The standard InChI is InChI=1S/C12H23NO2/c1-9(8-14-2)12-10(5-6-15-12)7-13-11-3-4-11/h9-13H,3-8H2,1-2H3. The average Bonchev–Trinajstić information content (AvgIpc) is 2.93. The van der Waals surface area contributed by atoms with E-state index in [0.29, 0.717) is 17.9 Å². The van der Waals surface area contributed by atoms with Gasteiger partial charge in [0.05, 0.1) is 12.7 Å². The molecular weight excluding hydrogens is 190 g/mol. The first kappa shape index (κ1) is 11.4. The van der Waals surface area contributed by atoms with Gasteiger partial charge < -0.3 is 14.8 Å². The summed E-state index contributed by atoms with van der Waals surface area (Å²) in [5.41, 5.74) is 0. The smallest absolute Gasteiger partial charge is 0.0663 e. The summed E-state index contributed by atoms with van der Waals surface area (Å²) in [6.45, 7) is 5.09. The summed E-state index contributed by atoms with van der Waals surface area (Å²) in [5, 5.41) is 3.60. The number of ether oxygens (including phenoxy) is 2. The highest BCUT2D eigenvalue weighted by atomic mass is 16.5. The molecule has 0 amide bonds. The van der Waals surface area contributed by atoms with Crippen LogP contribution in [-0.2, 0) is 9.47 Å². The molecule has 1 aliphatic carbocycles. The van der Waals surface area contributed by atoms with Crippen LogP contribution in [0.25, 0.3) is 0 Å². The number of nitrogens with one attached hydrogen (secondary N) is 1. The van der Waals surface area contributed by atoms with Crippen molar-refractivity contribution in [1.29, 1.82) is 0 Å². The van der Waals surface area contributed by atoms with Crippen LogP contribution in [0.15, 0.2) is 0 Å². The minimum atomic E-state index is 0.399. The summed E-state index contributed by atoms with van der Waals surface area (Å²) in [4.78, 5) is 0. The van der Waals surface area contributed by atoms with Crippen molar-refractivity contribution in [2.75, 3.05) is 26.9 Å². The Morgan fingerprint density at radius 2 is 2.20 bits per heavy atom. The Morgan fingerprint density at radius 3 is 2.87 bits per heavy atom. The Bertz CT molecular complexity index is 194. The minimum absolute atomic E-state index is 0.399. The molecule has 0 spiro atoms. The fourth-order valence-electron chi connectivity index (χ4n) is 2.47. The third kappa shape index (κ3) is 3.16. The number of rotatable bonds is 6. The van der Waals surface area contributed by atoms with E-state index in [1.165, 1.54) is 19.3 Å². The zero-order chi connectivity index (χ0) is 10.7. The summed E-state index contributed by atoms with van der Waals surface area (Å²) < 4.78 is 11.0.